The van der Waals surface area contributed by atoms with E-state index >= 15 is 0 Å². The third-order valence-corrected chi connectivity index (χ3v) is 3.98. The van der Waals surface area contributed by atoms with E-state index in [0.717, 1.165) is 12.6 Å². The zero-order valence-corrected chi connectivity index (χ0v) is 9.18. The predicted octanol–water partition coefficient (Wildman–Crippen LogP) is 1.60. The first-order chi connectivity index (χ1) is 6.40. The highest BCUT2D eigenvalue weighted by Gasteiger charge is 2.34. The van der Waals surface area contributed by atoms with E-state index < -0.39 is 0 Å². The van der Waals surface area contributed by atoms with E-state index in [4.69, 9.17) is 4.74 Å². The van der Waals surface area contributed by atoms with Crippen LogP contribution >= 0.6 is 11.8 Å². The first-order valence-electron chi connectivity index (χ1n) is 5.33. The Kier molecular flexibility index (Phi) is 3.52. The molecule has 0 aromatic heterocycles. The molecule has 0 unspecified atom stereocenters. The molecule has 1 saturated heterocycles. The lowest BCUT2D eigenvalue weighted by Gasteiger charge is -2.44. The summed E-state index contributed by atoms with van der Waals surface area (Å²) in [4.78, 5) is 2.64. The maximum Gasteiger partial charge on any atom is 0.0604 e. The molecule has 13 heavy (non-hydrogen) atoms. The molecule has 3 heteroatoms. The summed E-state index contributed by atoms with van der Waals surface area (Å²) in [6.07, 6.45) is 3.13. The van der Waals surface area contributed by atoms with Crippen LogP contribution in [-0.4, -0.2) is 48.2 Å². The quantitative estimate of drug-likeness (QED) is 0.688. The summed E-state index contributed by atoms with van der Waals surface area (Å²) in [5.41, 5.74) is 0. The van der Waals surface area contributed by atoms with E-state index in [2.05, 4.69) is 23.6 Å². The monoisotopic (exact) mass is 201 g/mol. The highest BCUT2D eigenvalue weighted by atomic mass is 32.2. The summed E-state index contributed by atoms with van der Waals surface area (Å²) in [5.74, 6) is 2.66. The number of nitrogens with zero attached hydrogens (tertiary/aromatic N) is 1. The van der Waals surface area contributed by atoms with Crippen molar-refractivity contribution in [3.05, 3.63) is 0 Å². The average molecular weight is 201 g/mol. The standard InChI is InChI=1S/C10H19NOS/c1-2-12-10-7-9(8-10)11-3-5-13-6-4-11/h9-10H,2-8H2,1H3. The van der Waals surface area contributed by atoms with Gasteiger partial charge in [-0.1, -0.05) is 0 Å². The van der Waals surface area contributed by atoms with Crippen LogP contribution in [0, 0.1) is 0 Å². The minimum atomic E-state index is 0.574. The highest BCUT2D eigenvalue weighted by molar-refractivity contribution is 7.99. The van der Waals surface area contributed by atoms with Gasteiger partial charge < -0.3 is 4.74 Å². The third kappa shape index (κ3) is 2.39. The molecule has 2 rings (SSSR count). The van der Waals surface area contributed by atoms with Crippen molar-refractivity contribution in [2.75, 3.05) is 31.2 Å². The van der Waals surface area contributed by atoms with Crippen molar-refractivity contribution >= 4 is 11.8 Å². The van der Waals surface area contributed by atoms with Gasteiger partial charge in [-0.25, -0.2) is 0 Å². The van der Waals surface area contributed by atoms with Crippen molar-refractivity contribution < 1.29 is 4.74 Å². The Balaban J connectivity index is 1.66. The molecule has 0 aromatic carbocycles. The van der Waals surface area contributed by atoms with Gasteiger partial charge in [0.25, 0.3) is 0 Å². The molecule has 0 spiro atoms. The van der Waals surface area contributed by atoms with Crippen LogP contribution in [0.2, 0.25) is 0 Å². The van der Waals surface area contributed by atoms with Crippen molar-refractivity contribution in [3.63, 3.8) is 0 Å². The Morgan fingerprint density at radius 3 is 2.62 bits per heavy atom. The van der Waals surface area contributed by atoms with Crippen LogP contribution in [0.25, 0.3) is 0 Å². The molecule has 1 aliphatic heterocycles. The summed E-state index contributed by atoms with van der Waals surface area (Å²) in [6, 6.07) is 0.845. The molecule has 0 radical (unpaired) electrons. The molecule has 0 bridgehead atoms. The van der Waals surface area contributed by atoms with Gasteiger partial charge in [-0.05, 0) is 19.8 Å². The Bertz CT molecular complexity index is 153. The molecule has 1 saturated carbocycles. The lowest BCUT2D eigenvalue weighted by Crippen LogP contribution is -2.50. The zero-order chi connectivity index (χ0) is 9.10. The largest absolute Gasteiger partial charge is 0.378 e. The van der Waals surface area contributed by atoms with E-state index in [1.165, 1.54) is 37.4 Å². The Labute approximate surface area is 85.0 Å². The lowest BCUT2D eigenvalue weighted by atomic mass is 9.88. The molecule has 0 aromatic rings. The predicted molar refractivity (Wildman–Crippen MR) is 57.3 cm³/mol. The van der Waals surface area contributed by atoms with Gasteiger partial charge in [-0.2, -0.15) is 11.8 Å². The number of ether oxygens (including phenoxy) is 1. The number of hydrogen-bond donors (Lipinski definition) is 0. The van der Waals surface area contributed by atoms with Crippen molar-refractivity contribution in [1.82, 2.24) is 4.90 Å². The minimum Gasteiger partial charge on any atom is -0.378 e. The van der Waals surface area contributed by atoms with Crippen molar-refractivity contribution in [2.45, 2.75) is 31.9 Å². The first kappa shape index (κ1) is 9.81. The molecule has 1 aliphatic carbocycles. The molecular weight excluding hydrogens is 182 g/mol. The van der Waals surface area contributed by atoms with Gasteiger partial charge in [0.1, 0.15) is 0 Å². The molecule has 1 heterocycles. The smallest absolute Gasteiger partial charge is 0.0604 e. The summed E-state index contributed by atoms with van der Waals surface area (Å²) in [7, 11) is 0. The van der Waals surface area contributed by atoms with Crippen molar-refractivity contribution in [1.29, 1.82) is 0 Å². The normalized spacial score (nSPS) is 35.8. The van der Waals surface area contributed by atoms with Crippen LogP contribution in [0.15, 0.2) is 0 Å². The van der Waals surface area contributed by atoms with E-state index in [1.807, 2.05) is 0 Å². The van der Waals surface area contributed by atoms with Gasteiger partial charge in [-0.3, -0.25) is 4.90 Å². The van der Waals surface area contributed by atoms with Gasteiger partial charge in [-0.15, -0.1) is 0 Å². The van der Waals surface area contributed by atoms with Gasteiger partial charge in [0, 0.05) is 37.2 Å². The Morgan fingerprint density at radius 1 is 1.31 bits per heavy atom. The van der Waals surface area contributed by atoms with Crippen molar-refractivity contribution in [2.24, 2.45) is 0 Å². The number of thioether (sulfide) groups is 1. The fourth-order valence-corrected chi connectivity index (χ4v) is 3.08. The fourth-order valence-electron chi connectivity index (χ4n) is 2.15. The van der Waals surface area contributed by atoms with Crippen LogP contribution in [-0.2, 0) is 4.74 Å². The second kappa shape index (κ2) is 4.67. The van der Waals surface area contributed by atoms with E-state index in [1.54, 1.807) is 0 Å². The molecule has 2 aliphatic rings. The van der Waals surface area contributed by atoms with E-state index in [9.17, 15) is 0 Å². The molecule has 0 atom stereocenters. The van der Waals surface area contributed by atoms with Crippen LogP contribution in [0.3, 0.4) is 0 Å². The third-order valence-electron chi connectivity index (χ3n) is 3.03. The Hall–Kier alpha value is 0.270. The van der Waals surface area contributed by atoms with Gasteiger partial charge in [0.15, 0.2) is 0 Å². The molecule has 2 nitrogen and oxygen atoms in total. The summed E-state index contributed by atoms with van der Waals surface area (Å²) in [5, 5.41) is 0. The zero-order valence-electron chi connectivity index (χ0n) is 8.37. The highest BCUT2D eigenvalue weighted by Crippen LogP contribution is 2.29. The second-order valence-electron chi connectivity index (χ2n) is 3.85. The van der Waals surface area contributed by atoms with Gasteiger partial charge in [0.2, 0.25) is 0 Å². The topological polar surface area (TPSA) is 12.5 Å². The van der Waals surface area contributed by atoms with Crippen LogP contribution in [0.4, 0.5) is 0 Å². The van der Waals surface area contributed by atoms with Gasteiger partial charge >= 0.3 is 0 Å². The molecular formula is C10H19NOS. The molecule has 76 valence electrons. The molecule has 0 N–H and O–H groups in total. The van der Waals surface area contributed by atoms with Crippen LogP contribution in [0.1, 0.15) is 19.8 Å². The summed E-state index contributed by atoms with van der Waals surface area (Å²) >= 11 is 2.09. The molecule has 2 fully saturated rings. The summed E-state index contributed by atoms with van der Waals surface area (Å²) in [6.45, 7) is 5.57. The summed E-state index contributed by atoms with van der Waals surface area (Å²) < 4.78 is 5.57. The minimum absolute atomic E-state index is 0.574. The number of rotatable bonds is 3. The average Bonchev–Trinajstić information content (AvgIpc) is 2.12. The fraction of sp³-hybridized carbons (Fsp3) is 1.00. The first-order valence-corrected chi connectivity index (χ1v) is 6.49. The Morgan fingerprint density at radius 2 is 2.00 bits per heavy atom. The maximum atomic E-state index is 5.57. The van der Waals surface area contributed by atoms with Crippen LogP contribution < -0.4 is 0 Å². The second-order valence-corrected chi connectivity index (χ2v) is 5.08. The SMILES string of the molecule is CCOC1CC(N2CCSCC2)C1. The maximum absolute atomic E-state index is 5.57. The van der Waals surface area contributed by atoms with E-state index in [0.29, 0.717) is 6.10 Å². The number of hydrogen-bond acceptors (Lipinski definition) is 3. The van der Waals surface area contributed by atoms with Gasteiger partial charge in [0.05, 0.1) is 6.10 Å². The van der Waals surface area contributed by atoms with Crippen molar-refractivity contribution in [3.8, 4) is 0 Å². The van der Waals surface area contributed by atoms with E-state index in [-0.39, 0.29) is 0 Å². The lowest BCUT2D eigenvalue weighted by molar-refractivity contribution is -0.0439. The molecule has 0 amide bonds. The van der Waals surface area contributed by atoms with Crippen LogP contribution in [0.5, 0.6) is 0 Å².